The number of amides is 1. The van der Waals surface area contributed by atoms with Crippen molar-refractivity contribution in [2.75, 3.05) is 0 Å². The second-order valence-electron chi connectivity index (χ2n) is 6.01. The van der Waals surface area contributed by atoms with E-state index in [0.717, 1.165) is 12.0 Å². The van der Waals surface area contributed by atoms with Crippen LogP contribution < -0.4 is 5.32 Å². The van der Waals surface area contributed by atoms with Crippen LogP contribution in [-0.2, 0) is 16.1 Å². The molecule has 0 saturated heterocycles. The summed E-state index contributed by atoms with van der Waals surface area (Å²) in [7, 11) is 0. The zero-order chi connectivity index (χ0) is 15.6. The Balaban J connectivity index is 1.65. The minimum atomic E-state index is -0.864. The number of rotatable bonds is 4. The molecule has 1 amide bonds. The summed E-state index contributed by atoms with van der Waals surface area (Å²) in [5.41, 5.74) is 0.0850. The number of carboxylic acids is 1. The van der Waals surface area contributed by atoms with Crippen LogP contribution in [0.4, 0.5) is 4.79 Å². The summed E-state index contributed by atoms with van der Waals surface area (Å²) in [6.45, 7) is 0.173. The highest BCUT2D eigenvalue weighted by Crippen LogP contribution is 2.43. The normalized spacial score (nSPS) is 29.1. The van der Waals surface area contributed by atoms with Crippen molar-refractivity contribution in [3.05, 3.63) is 48.0 Å². The van der Waals surface area contributed by atoms with E-state index in [0.29, 0.717) is 18.8 Å². The predicted molar refractivity (Wildman–Crippen MR) is 80.1 cm³/mol. The molecule has 0 aromatic heterocycles. The van der Waals surface area contributed by atoms with Gasteiger partial charge in [-0.15, -0.1) is 0 Å². The fraction of sp³-hybridized carbons (Fsp3) is 0.412. The van der Waals surface area contributed by atoms with Crippen molar-refractivity contribution in [3.63, 3.8) is 0 Å². The molecule has 0 heterocycles. The molecule has 3 aliphatic rings. The number of aliphatic carboxylic acids is 1. The molecule has 5 nitrogen and oxygen atoms in total. The quantitative estimate of drug-likeness (QED) is 0.838. The van der Waals surface area contributed by atoms with Gasteiger partial charge in [0.1, 0.15) is 6.61 Å². The number of hydrogen-bond acceptors (Lipinski definition) is 3. The van der Waals surface area contributed by atoms with Crippen molar-refractivity contribution in [2.24, 2.45) is 11.8 Å². The van der Waals surface area contributed by atoms with Crippen molar-refractivity contribution >= 4 is 12.1 Å². The lowest BCUT2D eigenvalue weighted by atomic mass is 9.64. The summed E-state index contributed by atoms with van der Waals surface area (Å²) >= 11 is 0. The van der Waals surface area contributed by atoms with Gasteiger partial charge >= 0.3 is 12.1 Å². The number of nitrogens with one attached hydrogen (secondary N) is 1. The van der Waals surface area contributed by atoms with Crippen LogP contribution in [-0.4, -0.2) is 22.7 Å². The Hall–Kier alpha value is -2.30. The molecule has 3 atom stereocenters. The average molecular weight is 301 g/mol. The van der Waals surface area contributed by atoms with Crippen LogP contribution >= 0.6 is 0 Å². The molecule has 116 valence electrons. The highest BCUT2D eigenvalue weighted by atomic mass is 16.5. The van der Waals surface area contributed by atoms with E-state index in [2.05, 4.69) is 5.32 Å². The largest absolute Gasteiger partial charge is 0.481 e. The van der Waals surface area contributed by atoms with Crippen LogP contribution in [0.3, 0.4) is 0 Å². The Morgan fingerprint density at radius 3 is 2.73 bits per heavy atom. The van der Waals surface area contributed by atoms with Gasteiger partial charge in [0.05, 0.1) is 11.5 Å². The van der Waals surface area contributed by atoms with Crippen molar-refractivity contribution in [1.82, 2.24) is 5.32 Å². The average Bonchev–Trinajstić information content (AvgIpc) is 2.54. The Labute approximate surface area is 129 Å². The number of benzene rings is 1. The minimum absolute atomic E-state index is 0.173. The lowest BCUT2D eigenvalue weighted by Gasteiger charge is -2.46. The number of hydrogen-bond donors (Lipinski definition) is 2. The van der Waals surface area contributed by atoms with Gasteiger partial charge in [0.2, 0.25) is 0 Å². The van der Waals surface area contributed by atoms with Gasteiger partial charge in [0.25, 0.3) is 0 Å². The molecule has 1 aromatic carbocycles. The first-order chi connectivity index (χ1) is 10.6. The molecule has 22 heavy (non-hydrogen) atoms. The van der Waals surface area contributed by atoms with E-state index in [9.17, 15) is 14.7 Å². The third kappa shape index (κ3) is 2.84. The molecule has 1 saturated carbocycles. The maximum atomic E-state index is 12.1. The van der Waals surface area contributed by atoms with Crippen molar-refractivity contribution in [1.29, 1.82) is 0 Å². The molecule has 1 fully saturated rings. The second kappa shape index (κ2) is 5.83. The van der Waals surface area contributed by atoms with Crippen molar-refractivity contribution in [3.8, 4) is 0 Å². The van der Waals surface area contributed by atoms with E-state index in [1.54, 1.807) is 0 Å². The summed E-state index contributed by atoms with van der Waals surface area (Å²) in [6.07, 6.45) is 5.41. The van der Waals surface area contributed by atoms with Crippen molar-refractivity contribution < 1.29 is 19.4 Å². The lowest BCUT2D eigenvalue weighted by Crippen LogP contribution is -2.59. The second-order valence-corrected chi connectivity index (χ2v) is 6.01. The summed E-state index contributed by atoms with van der Waals surface area (Å²) in [5.74, 6) is -1.14. The van der Waals surface area contributed by atoms with Gasteiger partial charge in [0.15, 0.2) is 0 Å². The zero-order valence-electron chi connectivity index (χ0n) is 12.2. The van der Waals surface area contributed by atoms with Gasteiger partial charge in [-0.1, -0.05) is 42.5 Å². The van der Waals surface area contributed by atoms with Crippen molar-refractivity contribution in [2.45, 2.75) is 31.4 Å². The molecule has 1 aromatic rings. The molecule has 0 spiro atoms. The maximum Gasteiger partial charge on any atom is 0.408 e. The molecule has 4 rings (SSSR count). The number of alkyl carbamates (subject to hydrolysis) is 1. The summed E-state index contributed by atoms with van der Waals surface area (Å²) in [5, 5.41) is 12.2. The van der Waals surface area contributed by atoms with Crippen LogP contribution in [0.25, 0.3) is 0 Å². The number of ether oxygens (including phenoxy) is 1. The molecule has 0 unspecified atom stereocenters. The van der Waals surface area contributed by atoms with E-state index in [-0.39, 0.29) is 6.61 Å². The van der Waals surface area contributed by atoms with Gasteiger partial charge in [-0.2, -0.15) is 0 Å². The molecule has 2 N–H and O–H groups in total. The SMILES string of the molecule is O=C(N[C@]12C=C[C@H](CC1)C[C@H]2C(=O)O)OCc1ccccc1. The van der Waals surface area contributed by atoms with Gasteiger partial charge in [-0.25, -0.2) is 4.79 Å². The monoisotopic (exact) mass is 301 g/mol. The van der Waals surface area contributed by atoms with E-state index >= 15 is 0 Å². The number of carbonyl (C=O) groups excluding carboxylic acids is 1. The Kier molecular flexibility index (Phi) is 3.88. The molecular weight excluding hydrogens is 282 g/mol. The Morgan fingerprint density at radius 2 is 2.09 bits per heavy atom. The fourth-order valence-electron chi connectivity index (χ4n) is 3.37. The number of carboxylic acid groups (broad SMARTS) is 1. The number of allylic oxidation sites excluding steroid dienone is 1. The van der Waals surface area contributed by atoms with Crippen LogP contribution in [0.5, 0.6) is 0 Å². The van der Waals surface area contributed by atoms with Crippen LogP contribution in [0.15, 0.2) is 42.5 Å². The maximum absolute atomic E-state index is 12.1. The fourth-order valence-corrected chi connectivity index (χ4v) is 3.37. The molecule has 2 bridgehead atoms. The predicted octanol–water partition coefficient (Wildman–Crippen LogP) is 2.72. The standard InChI is InChI=1S/C17H19NO4/c19-15(20)14-10-12-6-8-17(14,9-7-12)18-16(21)22-11-13-4-2-1-3-5-13/h1-6,8,12,14H,7,9-11H2,(H,18,21)(H,19,20)/t12-,14+,17-/m1/s1. The topological polar surface area (TPSA) is 75.6 Å². The number of fused-ring (bicyclic) bond motifs is 2. The summed E-state index contributed by atoms with van der Waals surface area (Å²) < 4.78 is 5.23. The zero-order valence-corrected chi connectivity index (χ0v) is 12.2. The van der Waals surface area contributed by atoms with Crippen LogP contribution in [0.2, 0.25) is 0 Å². The van der Waals surface area contributed by atoms with E-state index in [1.165, 1.54) is 0 Å². The third-order valence-electron chi connectivity index (χ3n) is 4.60. The first kappa shape index (κ1) is 14.6. The van der Waals surface area contributed by atoms with Crippen LogP contribution in [0, 0.1) is 11.8 Å². The highest BCUT2D eigenvalue weighted by Gasteiger charge is 2.49. The molecule has 0 radical (unpaired) electrons. The number of carbonyl (C=O) groups is 2. The molecular formula is C17H19NO4. The Bertz CT molecular complexity index is 598. The lowest BCUT2D eigenvalue weighted by molar-refractivity contribution is -0.146. The smallest absolute Gasteiger partial charge is 0.408 e. The van der Waals surface area contributed by atoms with Crippen LogP contribution in [0.1, 0.15) is 24.8 Å². The first-order valence-electron chi connectivity index (χ1n) is 7.50. The van der Waals surface area contributed by atoms with Gasteiger partial charge in [-0.05, 0) is 30.7 Å². The summed E-state index contributed by atoms with van der Waals surface area (Å²) in [6, 6.07) is 9.39. The molecule has 5 heteroatoms. The third-order valence-corrected chi connectivity index (χ3v) is 4.60. The molecule has 0 aliphatic heterocycles. The Morgan fingerprint density at radius 1 is 1.32 bits per heavy atom. The van der Waals surface area contributed by atoms with E-state index < -0.39 is 23.5 Å². The van der Waals surface area contributed by atoms with Gasteiger partial charge < -0.3 is 15.2 Å². The van der Waals surface area contributed by atoms with Gasteiger partial charge in [-0.3, -0.25) is 4.79 Å². The first-order valence-corrected chi connectivity index (χ1v) is 7.50. The van der Waals surface area contributed by atoms with E-state index in [4.69, 9.17) is 4.74 Å². The van der Waals surface area contributed by atoms with E-state index in [1.807, 2.05) is 42.5 Å². The molecule has 3 aliphatic carbocycles. The van der Waals surface area contributed by atoms with Gasteiger partial charge in [0, 0.05) is 0 Å². The highest BCUT2D eigenvalue weighted by molar-refractivity contribution is 5.76. The minimum Gasteiger partial charge on any atom is -0.481 e. The summed E-state index contributed by atoms with van der Waals surface area (Å²) in [4.78, 5) is 23.6.